The molecule has 1 aliphatic heterocycles. The molecule has 1 rings (SSSR count). The number of nitrogens with zero attached hydrogens (tertiary/aromatic N) is 1. The SMILES string of the molecule is CC(C)CCCC(C)NCC(=O)N1CCOCC1. The predicted molar refractivity (Wildman–Crippen MR) is 73.6 cm³/mol. The average Bonchev–Trinajstić information content (AvgIpc) is 2.36. The van der Waals surface area contributed by atoms with Crippen LogP contribution in [0.15, 0.2) is 0 Å². The number of morpholine rings is 1. The van der Waals surface area contributed by atoms with Crippen LogP contribution in [0, 0.1) is 5.92 Å². The second-order valence-corrected chi connectivity index (χ2v) is 5.60. The van der Waals surface area contributed by atoms with Crippen LogP contribution in [0.2, 0.25) is 0 Å². The van der Waals surface area contributed by atoms with E-state index in [9.17, 15) is 4.79 Å². The summed E-state index contributed by atoms with van der Waals surface area (Å²) in [5.41, 5.74) is 0. The Kier molecular flexibility index (Phi) is 7.28. The molecule has 0 radical (unpaired) electrons. The first kappa shape index (κ1) is 15.4. The summed E-state index contributed by atoms with van der Waals surface area (Å²) >= 11 is 0. The van der Waals surface area contributed by atoms with E-state index in [-0.39, 0.29) is 5.91 Å². The lowest BCUT2D eigenvalue weighted by atomic mass is 10.0. The molecule has 0 aromatic rings. The molecular weight excluding hydrogens is 228 g/mol. The third-order valence-electron chi connectivity index (χ3n) is 3.38. The smallest absolute Gasteiger partial charge is 0.236 e. The summed E-state index contributed by atoms with van der Waals surface area (Å²) in [5, 5.41) is 3.32. The van der Waals surface area contributed by atoms with Crippen molar-refractivity contribution in [3.05, 3.63) is 0 Å². The lowest BCUT2D eigenvalue weighted by molar-refractivity contribution is -0.134. The van der Waals surface area contributed by atoms with Gasteiger partial charge in [0.25, 0.3) is 0 Å². The first-order chi connectivity index (χ1) is 8.59. The van der Waals surface area contributed by atoms with Crippen LogP contribution < -0.4 is 5.32 Å². The lowest BCUT2D eigenvalue weighted by Crippen LogP contribution is -2.46. The Morgan fingerprint density at radius 2 is 1.89 bits per heavy atom. The fourth-order valence-corrected chi connectivity index (χ4v) is 2.12. The summed E-state index contributed by atoms with van der Waals surface area (Å²) in [4.78, 5) is 13.8. The Labute approximate surface area is 111 Å². The van der Waals surface area contributed by atoms with Crippen LogP contribution in [0.1, 0.15) is 40.0 Å². The van der Waals surface area contributed by atoms with E-state index in [1.807, 2.05) is 4.90 Å². The van der Waals surface area contributed by atoms with Crippen molar-refractivity contribution < 1.29 is 9.53 Å². The zero-order valence-corrected chi connectivity index (χ0v) is 12.1. The van der Waals surface area contributed by atoms with E-state index in [2.05, 4.69) is 26.1 Å². The molecule has 4 heteroatoms. The molecule has 0 spiro atoms. The minimum Gasteiger partial charge on any atom is -0.378 e. The van der Waals surface area contributed by atoms with Crippen LogP contribution in [-0.2, 0) is 9.53 Å². The molecule has 0 aliphatic carbocycles. The van der Waals surface area contributed by atoms with Crippen LogP contribution in [0.4, 0.5) is 0 Å². The molecule has 4 nitrogen and oxygen atoms in total. The molecule has 1 N–H and O–H groups in total. The quantitative estimate of drug-likeness (QED) is 0.753. The summed E-state index contributed by atoms with van der Waals surface area (Å²) in [7, 11) is 0. The molecule has 1 unspecified atom stereocenters. The summed E-state index contributed by atoms with van der Waals surface area (Å²) in [6.45, 7) is 9.95. The van der Waals surface area contributed by atoms with Gasteiger partial charge in [0.05, 0.1) is 19.8 Å². The Morgan fingerprint density at radius 3 is 2.50 bits per heavy atom. The summed E-state index contributed by atoms with van der Waals surface area (Å²) in [6.07, 6.45) is 3.65. The second-order valence-electron chi connectivity index (χ2n) is 5.60. The normalized spacial score (nSPS) is 18.1. The van der Waals surface area contributed by atoms with E-state index in [1.165, 1.54) is 12.8 Å². The highest BCUT2D eigenvalue weighted by molar-refractivity contribution is 5.78. The van der Waals surface area contributed by atoms with E-state index in [0.29, 0.717) is 25.8 Å². The van der Waals surface area contributed by atoms with Gasteiger partial charge in [0.2, 0.25) is 5.91 Å². The van der Waals surface area contributed by atoms with Gasteiger partial charge in [-0.1, -0.05) is 26.7 Å². The molecule has 1 aliphatic rings. The standard InChI is InChI=1S/C14H28N2O2/c1-12(2)5-4-6-13(3)15-11-14(17)16-7-9-18-10-8-16/h12-13,15H,4-11H2,1-3H3. The van der Waals surface area contributed by atoms with Crippen LogP contribution in [0.5, 0.6) is 0 Å². The number of hydrogen-bond donors (Lipinski definition) is 1. The molecule has 0 saturated carbocycles. The maximum Gasteiger partial charge on any atom is 0.236 e. The summed E-state index contributed by atoms with van der Waals surface area (Å²) < 4.78 is 5.24. The van der Waals surface area contributed by atoms with Crippen molar-refractivity contribution in [2.75, 3.05) is 32.8 Å². The third-order valence-corrected chi connectivity index (χ3v) is 3.38. The summed E-state index contributed by atoms with van der Waals surface area (Å²) in [6, 6.07) is 0.425. The Hall–Kier alpha value is -0.610. The van der Waals surface area contributed by atoms with Crippen LogP contribution in [0.25, 0.3) is 0 Å². The van der Waals surface area contributed by atoms with Crippen LogP contribution in [0.3, 0.4) is 0 Å². The minimum absolute atomic E-state index is 0.203. The number of hydrogen-bond acceptors (Lipinski definition) is 3. The largest absolute Gasteiger partial charge is 0.378 e. The number of rotatable bonds is 7. The van der Waals surface area contributed by atoms with Gasteiger partial charge < -0.3 is 15.0 Å². The first-order valence-electron chi connectivity index (χ1n) is 7.18. The van der Waals surface area contributed by atoms with E-state index in [1.54, 1.807) is 0 Å². The van der Waals surface area contributed by atoms with E-state index < -0.39 is 0 Å². The molecule has 1 fully saturated rings. The van der Waals surface area contributed by atoms with Gasteiger partial charge in [-0.3, -0.25) is 4.79 Å². The van der Waals surface area contributed by atoms with Crippen molar-refractivity contribution >= 4 is 5.91 Å². The molecule has 1 amide bonds. The Bertz CT molecular complexity index is 238. The minimum atomic E-state index is 0.203. The molecule has 1 atom stereocenters. The van der Waals surface area contributed by atoms with Gasteiger partial charge in [0.15, 0.2) is 0 Å². The molecule has 1 heterocycles. The van der Waals surface area contributed by atoms with Gasteiger partial charge in [-0.05, 0) is 19.3 Å². The van der Waals surface area contributed by atoms with Crippen molar-refractivity contribution in [1.82, 2.24) is 10.2 Å². The highest BCUT2D eigenvalue weighted by atomic mass is 16.5. The van der Waals surface area contributed by atoms with Crippen LogP contribution in [-0.4, -0.2) is 49.7 Å². The first-order valence-corrected chi connectivity index (χ1v) is 7.18. The van der Waals surface area contributed by atoms with E-state index in [0.717, 1.165) is 25.4 Å². The van der Waals surface area contributed by atoms with E-state index >= 15 is 0 Å². The Morgan fingerprint density at radius 1 is 1.22 bits per heavy atom. The maximum atomic E-state index is 11.9. The fraction of sp³-hybridized carbons (Fsp3) is 0.929. The molecular formula is C14H28N2O2. The van der Waals surface area contributed by atoms with Crippen molar-refractivity contribution in [3.8, 4) is 0 Å². The van der Waals surface area contributed by atoms with Crippen molar-refractivity contribution in [2.24, 2.45) is 5.92 Å². The Balaban J connectivity index is 2.09. The molecule has 0 bridgehead atoms. The average molecular weight is 256 g/mol. The van der Waals surface area contributed by atoms with Gasteiger partial charge in [0.1, 0.15) is 0 Å². The number of nitrogens with one attached hydrogen (secondary N) is 1. The molecule has 106 valence electrons. The van der Waals surface area contributed by atoms with Crippen molar-refractivity contribution in [2.45, 2.75) is 46.1 Å². The van der Waals surface area contributed by atoms with Gasteiger partial charge in [-0.2, -0.15) is 0 Å². The topological polar surface area (TPSA) is 41.6 Å². The molecule has 1 saturated heterocycles. The number of carbonyl (C=O) groups is 1. The van der Waals surface area contributed by atoms with Crippen molar-refractivity contribution in [1.29, 1.82) is 0 Å². The van der Waals surface area contributed by atoms with E-state index in [4.69, 9.17) is 4.74 Å². The van der Waals surface area contributed by atoms with Gasteiger partial charge >= 0.3 is 0 Å². The highest BCUT2D eigenvalue weighted by Gasteiger charge is 2.16. The highest BCUT2D eigenvalue weighted by Crippen LogP contribution is 2.08. The molecule has 0 aromatic carbocycles. The number of amides is 1. The summed E-state index contributed by atoms with van der Waals surface area (Å²) in [5.74, 6) is 0.973. The van der Waals surface area contributed by atoms with Crippen molar-refractivity contribution in [3.63, 3.8) is 0 Å². The lowest BCUT2D eigenvalue weighted by Gasteiger charge is -2.27. The van der Waals surface area contributed by atoms with Gasteiger partial charge in [-0.25, -0.2) is 0 Å². The number of ether oxygens (including phenoxy) is 1. The van der Waals surface area contributed by atoms with Gasteiger partial charge in [0, 0.05) is 19.1 Å². The van der Waals surface area contributed by atoms with Gasteiger partial charge in [-0.15, -0.1) is 0 Å². The fourth-order valence-electron chi connectivity index (χ4n) is 2.12. The molecule has 0 aromatic heterocycles. The van der Waals surface area contributed by atoms with Crippen LogP contribution >= 0.6 is 0 Å². The number of carbonyl (C=O) groups excluding carboxylic acids is 1. The monoisotopic (exact) mass is 256 g/mol. The maximum absolute atomic E-state index is 11.9. The second kappa shape index (κ2) is 8.48. The predicted octanol–water partition coefficient (Wildman–Crippen LogP) is 1.65. The molecule has 18 heavy (non-hydrogen) atoms. The third kappa shape index (κ3) is 6.36. The zero-order chi connectivity index (χ0) is 13.4. The zero-order valence-electron chi connectivity index (χ0n) is 12.1.